The minimum Gasteiger partial charge on any atom is -0.476 e. The summed E-state index contributed by atoms with van der Waals surface area (Å²) in [7, 11) is 0. The molecule has 1 aliphatic rings. The average molecular weight is 407 g/mol. The van der Waals surface area contributed by atoms with E-state index in [0.717, 1.165) is 30.3 Å². The lowest BCUT2D eigenvalue weighted by molar-refractivity contribution is -0.128. The van der Waals surface area contributed by atoms with Crippen molar-refractivity contribution >= 4 is 35.0 Å². The van der Waals surface area contributed by atoms with Crippen molar-refractivity contribution in [3.63, 3.8) is 0 Å². The van der Waals surface area contributed by atoms with Gasteiger partial charge in [-0.25, -0.2) is 9.78 Å². The first-order chi connectivity index (χ1) is 13.1. The first-order valence-electron chi connectivity index (χ1n) is 8.84. The van der Waals surface area contributed by atoms with Gasteiger partial charge in [-0.2, -0.15) is 0 Å². The van der Waals surface area contributed by atoms with E-state index in [0.29, 0.717) is 18.7 Å². The average Bonchev–Trinajstić information content (AvgIpc) is 3.28. The molecule has 1 fully saturated rings. The summed E-state index contributed by atoms with van der Waals surface area (Å²) in [6, 6.07) is 4.22. The van der Waals surface area contributed by atoms with Crippen LogP contribution in [0.25, 0.3) is 0 Å². The van der Waals surface area contributed by atoms with Gasteiger partial charge in [-0.1, -0.05) is 17.8 Å². The minimum absolute atomic E-state index is 0.0791. The van der Waals surface area contributed by atoms with Crippen LogP contribution < -0.4 is 5.32 Å². The van der Waals surface area contributed by atoms with Crippen LogP contribution in [0.3, 0.4) is 0 Å². The lowest BCUT2D eigenvalue weighted by Gasteiger charge is -2.25. The number of aromatic nitrogens is 2. The van der Waals surface area contributed by atoms with Crippen molar-refractivity contribution in [3.05, 3.63) is 41.2 Å². The number of carboxylic acids is 1. The third-order valence-corrected chi connectivity index (χ3v) is 6.41. The molecule has 2 aromatic heterocycles. The maximum atomic E-state index is 12.2. The van der Waals surface area contributed by atoms with Crippen LogP contribution in [0.4, 0.5) is 0 Å². The molecule has 9 heteroatoms. The topological polar surface area (TPSA) is 95.4 Å². The van der Waals surface area contributed by atoms with Gasteiger partial charge in [0.15, 0.2) is 10.0 Å². The van der Waals surface area contributed by atoms with Crippen molar-refractivity contribution < 1.29 is 14.7 Å². The minimum atomic E-state index is -1.01. The van der Waals surface area contributed by atoms with Crippen molar-refractivity contribution in [2.24, 2.45) is 0 Å². The summed E-state index contributed by atoms with van der Waals surface area (Å²) in [5.41, 5.74) is 1.28. The molecule has 3 heterocycles. The number of hydrogen-bond donors (Lipinski definition) is 2. The van der Waals surface area contributed by atoms with Crippen LogP contribution in [0.15, 0.2) is 34.2 Å². The fraction of sp³-hybridized carbons (Fsp3) is 0.444. The summed E-state index contributed by atoms with van der Waals surface area (Å²) in [5.74, 6) is -0.102. The summed E-state index contributed by atoms with van der Waals surface area (Å²) in [6.45, 7) is 2.30. The van der Waals surface area contributed by atoms with Crippen LogP contribution in [0.5, 0.6) is 0 Å². The number of carbonyl (C=O) groups is 2. The highest BCUT2D eigenvalue weighted by Crippen LogP contribution is 2.24. The number of rotatable bonds is 10. The Labute approximate surface area is 166 Å². The lowest BCUT2D eigenvalue weighted by atomic mass is 10.2. The maximum absolute atomic E-state index is 12.2. The van der Waals surface area contributed by atoms with E-state index in [1.807, 2.05) is 17.2 Å². The number of thioether (sulfide) groups is 1. The summed E-state index contributed by atoms with van der Waals surface area (Å²) in [6.07, 6.45) is 6.04. The molecule has 0 saturated carbocycles. The smallest absolute Gasteiger partial charge is 0.355 e. The molecule has 0 unspecified atom stereocenters. The highest BCUT2D eigenvalue weighted by molar-refractivity contribution is 8.01. The van der Waals surface area contributed by atoms with E-state index in [4.69, 9.17) is 5.11 Å². The van der Waals surface area contributed by atoms with Crippen molar-refractivity contribution in [2.75, 3.05) is 25.4 Å². The van der Waals surface area contributed by atoms with Gasteiger partial charge in [-0.3, -0.25) is 9.78 Å². The molecule has 0 aromatic carbocycles. The molecule has 0 radical (unpaired) electrons. The van der Waals surface area contributed by atoms with E-state index < -0.39 is 5.97 Å². The summed E-state index contributed by atoms with van der Waals surface area (Å²) < 4.78 is 0.727. The Kier molecular flexibility index (Phi) is 7.19. The highest BCUT2D eigenvalue weighted by Gasteiger charge is 2.30. The SMILES string of the molecule is O=C(O)c1csc(SCCN2C(=O)CC[C@@H]2CNCCc2cccnc2)n1. The van der Waals surface area contributed by atoms with Crippen LogP contribution in [0, 0.1) is 0 Å². The lowest BCUT2D eigenvalue weighted by Crippen LogP contribution is -2.41. The molecule has 1 saturated heterocycles. The van der Waals surface area contributed by atoms with Crippen LogP contribution in [-0.4, -0.2) is 63.3 Å². The normalized spacial score (nSPS) is 16.8. The van der Waals surface area contributed by atoms with E-state index in [9.17, 15) is 9.59 Å². The Hall–Kier alpha value is -1.97. The Bertz CT molecular complexity index is 769. The molecule has 0 bridgehead atoms. The summed E-state index contributed by atoms with van der Waals surface area (Å²) in [4.78, 5) is 33.2. The Morgan fingerprint density at radius 3 is 3.11 bits per heavy atom. The second-order valence-electron chi connectivity index (χ2n) is 6.25. The molecule has 1 atom stereocenters. The van der Waals surface area contributed by atoms with Crippen LogP contribution in [0.2, 0.25) is 0 Å². The highest BCUT2D eigenvalue weighted by atomic mass is 32.2. The number of thiazole rings is 1. The number of pyridine rings is 1. The van der Waals surface area contributed by atoms with Gasteiger partial charge in [0.1, 0.15) is 0 Å². The van der Waals surface area contributed by atoms with Crippen molar-refractivity contribution in [3.8, 4) is 0 Å². The second kappa shape index (κ2) is 9.82. The number of aromatic carboxylic acids is 1. The first-order valence-corrected chi connectivity index (χ1v) is 10.7. The molecule has 144 valence electrons. The predicted octanol–water partition coefficient (Wildman–Crippen LogP) is 2.15. The fourth-order valence-electron chi connectivity index (χ4n) is 3.01. The summed E-state index contributed by atoms with van der Waals surface area (Å²) in [5, 5.41) is 13.9. The zero-order valence-corrected chi connectivity index (χ0v) is 16.5. The van der Waals surface area contributed by atoms with Crippen molar-refractivity contribution in [1.29, 1.82) is 0 Å². The molecular formula is C18H22N4O3S2. The molecule has 1 aliphatic heterocycles. The molecule has 0 spiro atoms. The van der Waals surface area contributed by atoms with Crippen LogP contribution >= 0.6 is 23.1 Å². The number of amides is 1. The fourth-order valence-corrected chi connectivity index (χ4v) is 4.82. The third-order valence-electron chi connectivity index (χ3n) is 4.41. The van der Waals surface area contributed by atoms with E-state index in [2.05, 4.69) is 21.4 Å². The summed E-state index contributed by atoms with van der Waals surface area (Å²) >= 11 is 2.82. The standard InChI is InChI=1S/C18H22N4O3S2/c23-16-4-3-14(11-20-7-5-13-2-1-6-19-10-13)22(16)8-9-26-18-21-15(12-27-18)17(24)25/h1-2,6,10,12,14,20H,3-5,7-9,11H2,(H,24,25)/t14-/m1/s1. The monoisotopic (exact) mass is 406 g/mol. The molecule has 7 nitrogen and oxygen atoms in total. The number of likely N-dealkylation sites (tertiary alicyclic amines) is 1. The first kappa shape index (κ1) is 19.8. The van der Waals surface area contributed by atoms with Gasteiger partial charge in [-0.05, 0) is 31.0 Å². The number of hydrogen-bond acceptors (Lipinski definition) is 7. The van der Waals surface area contributed by atoms with Gasteiger partial charge in [-0.15, -0.1) is 11.3 Å². The van der Waals surface area contributed by atoms with Gasteiger partial charge in [0.25, 0.3) is 0 Å². The van der Waals surface area contributed by atoms with E-state index in [1.165, 1.54) is 28.7 Å². The Balaban J connectivity index is 1.40. The van der Waals surface area contributed by atoms with Crippen molar-refractivity contribution in [1.82, 2.24) is 20.2 Å². The molecule has 1 amide bonds. The number of carbonyl (C=O) groups excluding carboxylic acids is 1. The number of nitrogens with one attached hydrogen (secondary N) is 1. The molecule has 2 N–H and O–H groups in total. The van der Waals surface area contributed by atoms with Gasteiger partial charge in [0, 0.05) is 49.1 Å². The molecule has 0 aliphatic carbocycles. The molecule has 3 rings (SSSR count). The molecule has 27 heavy (non-hydrogen) atoms. The van der Waals surface area contributed by atoms with Gasteiger partial charge >= 0.3 is 5.97 Å². The maximum Gasteiger partial charge on any atom is 0.355 e. The Morgan fingerprint density at radius 2 is 2.37 bits per heavy atom. The molecule has 2 aromatic rings. The predicted molar refractivity (Wildman–Crippen MR) is 105 cm³/mol. The van der Waals surface area contributed by atoms with Crippen LogP contribution in [-0.2, 0) is 11.2 Å². The van der Waals surface area contributed by atoms with Gasteiger partial charge in [0.2, 0.25) is 5.91 Å². The zero-order valence-electron chi connectivity index (χ0n) is 14.8. The second-order valence-corrected chi connectivity index (χ2v) is 8.45. The van der Waals surface area contributed by atoms with E-state index >= 15 is 0 Å². The quantitative estimate of drug-likeness (QED) is 0.461. The number of carboxylic acid groups (broad SMARTS) is 1. The van der Waals surface area contributed by atoms with Gasteiger partial charge < -0.3 is 15.3 Å². The van der Waals surface area contributed by atoms with Crippen LogP contribution in [0.1, 0.15) is 28.9 Å². The third kappa shape index (κ3) is 5.75. The Morgan fingerprint density at radius 1 is 1.48 bits per heavy atom. The van der Waals surface area contributed by atoms with Gasteiger partial charge in [0.05, 0.1) is 0 Å². The van der Waals surface area contributed by atoms with Crippen molar-refractivity contribution in [2.45, 2.75) is 29.6 Å². The largest absolute Gasteiger partial charge is 0.476 e. The van der Waals surface area contributed by atoms with E-state index in [1.54, 1.807) is 11.6 Å². The number of nitrogens with zero attached hydrogens (tertiary/aromatic N) is 3. The molecular weight excluding hydrogens is 384 g/mol. The van der Waals surface area contributed by atoms with E-state index in [-0.39, 0.29) is 17.6 Å². The zero-order chi connectivity index (χ0) is 19.1.